The Morgan fingerprint density at radius 1 is 1.45 bits per heavy atom. The number of pyridine rings is 1. The molecule has 0 saturated carbocycles. The van der Waals surface area contributed by atoms with Crippen molar-refractivity contribution in [2.45, 2.75) is 12.5 Å². The first-order chi connectivity index (χ1) is 9.74. The molecule has 0 aliphatic heterocycles. The van der Waals surface area contributed by atoms with Gasteiger partial charge in [0, 0.05) is 29.0 Å². The van der Waals surface area contributed by atoms with Gasteiger partial charge in [-0.3, -0.25) is 4.98 Å². The Kier molecular flexibility index (Phi) is 3.57. The Bertz CT molecular complexity index is 696. The van der Waals surface area contributed by atoms with Crippen molar-refractivity contribution in [1.29, 1.82) is 0 Å². The summed E-state index contributed by atoms with van der Waals surface area (Å²) in [6.07, 6.45) is 5.53. The zero-order valence-corrected chi connectivity index (χ0v) is 11.9. The van der Waals surface area contributed by atoms with Gasteiger partial charge in [-0.15, -0.1) is 0 Å². The molecule has 0 spiro atoms. The molecule has 7 nitrogen and oxygen atoms in total. The minimum absolute atomic E-state index is 0.368. The Balaban J connectivity index is 1.81. The summed E-state index contributed by atoms with van der Waals surface area (Å²) < 4.78 is 6.00. The van der Waals surface area contributed by atoms with Crippen molar-refractivity contribution in [2.24, 2.45) is 5.73 Å². The van der Waals surface area contributed by atoms with Crippen LogP contribution in [0.4, 0.5) is 0 Å². The van der Waals surface area contributed by atoms with Gasteiger partial charge in [-0.1, -0.05) is 5.16 Å². The van der Waals surface area contributed by atoms with E-state index < -0.39 is 0 Å². The quantitative estimate of drug-likeness (QED) is 0.754. The van der Waals surface area contributed by atoms with E-state index in [4.69, 9.17) is 10.3 Å². The molecule has 1 atom stereocenters. The number of aromatic amines is 1. The van der Waals surface area contributed by atoms with E-state index in [1.54, 1.807) is 18.7 Å². The smallest absolute Gasteiger partial charge is 0.244 e. The zero-order chi connectivity index (χ0) is 13.9. The van der Waals surface area contributed by atoms with Crippen LogP contribution >= 0.6 is 15.9 Å². The number of hydrogen-bond donors (Lipinski definition) is 2. The molecule has 3 aromatic rings. The maximum atomic E-state index is 6.04. The normalized spacial score (nSPS) is 12.5. The lowest BCUT2D eigenvalue weighted by Gasteiger charge is -2.03. The van der Waals surface area contributed by atoms with Crippen LogP contribution in [0.25, 0.3) is 11.5 Å². The van der Waals surface area contributed by atoms with Crippen LogP contribution in [0.5, 0.6) is 0 Å². The number of nitrogens with one attached hydrogen (secondary N) is 1. The highest BCUT2D eigenvalue weighted by atomic mass is 79.9. The van der Waals surface area contributed by atoms with Crippen molar-refractivity contribution in [2.75, 3.05) is 0 Å². The standard InChI is InChI=1S/C12H11BrN6O/c13-8-2-1-3-16-10(8)11-18-12(20-19-11)9(14)4-7-5-15-6-17-7/h1-3,5-6,9H,4,14H2,(H,15,17). The van der Waals surface area contributed by atoms with Gasteiger partial charge in [0.25, 0.3) is 0 Å². The van der Waals surface area contributed by atoms with E-state index in [-0.39, 0.29) is 6.04 Å². The number of nitrogens with two attached hydrogens (primary N) is 1. The second kappa shape index (κ2) is 5.51. The molecule has 20 heavy (non-hydrogen) atoms. The van der Waals surface area contributed by atoms with E-state index in [0.717, 1.165) is 10.2 Å². The van der Waals surface area contributed by atoms with E-state index >= 15 is 0 Å². The summed E-state index contributed by atoms with van der Waals surface area (Å²) in [6.45, 7) is 0. The fourth-order valence-corrected chi connectivity index (χ4v) is 2.19. The number of imidazole rings is 1. The van der Waals surface area contributed by atoms with Gasteiger partial charge in [-0.25, -0.2) is 4.98 Å². The van der Waals surface area contributed by atoms with Crippen LogP contribution in [-0.2, 0) is 6.42 Å². The third-order valence-electron chi connectivity index (χ3n) is 2.72. The third kappa shape index (κ3) is 2.61. The number of rotatable bonds is 4. The van der Waals surface area contributed by atoms with E-state index in [9.17, 15) is 0 Å². The van der Waals surface area contributed by atoms with Gasteiger partial charge >= 0.3 is 0 Å². The van der Waals surface area contributed by atoms with E-state index in [1.165, 1.54) is 0 Å². The van der Waals surface area contributed by atoms with Crippen LogP contribution in [0.15, 0.2) is 39.8 Å². The lowest BCUT2D eigenvalue weighted by molar-refractivity contribution is 0.353. The van der Waals surface area contributed by atoms with Gasteiger partial charge < -0.3 is 15.2 Å². The molecule has 0 radical (unpaired) electrons. The van der Waals surface area contributed by atoms with Crippen LogP contribution in [0.2, 0.25) is 0 Å². The van der Waals surface area contributed by atoms with Crippen molar-refractivity contribution >= 4 is 15.9 Å². The average molecular weight is 335 g/mol. The Morgan fingerprint density at radius 2 is 2.35 bits per heavy atom. The molecule has 102 valence electrons. The molecule has 0 aromatic carbocycles. The molecule has 3 aromatic heterocycles. The molecule has 3 rings (SSSR count). The monoisotopic (exact) mass is 334 g/mol. The number of halogens is 1. The Hall–Kier alpha value is -2.06. The molecule has 0 aliphatic carbocycles. The van der Waals surface area contributed by atoms with Crippen LogP contribution in [0, 0.1) is 0 Å². The van der Waals surface area contributed by atoms with Crippen LogP contribution in [0.1, 0.15) is 17.6 Å². The highest BCUT2D eigenvalue weighted by Crippen LogP contribution is 2.24. The molecule has 3 N–H and O–H groups in total. The van der Waals surface area contributed by atoms with Gasteiger partial charge in [0.15, 0.2) is 0 Å². The number of aromatic nitrogens is 5. The largest absolute Gasteiger partial charge is 0.348 e. The molecule has 8 heteroatoms. The average Bonchev–Trinajstić information content (AvgIpc) is 3.10. The molecule has 0 bridgehead atoms. The third-order valence-corrected chi connectivity index (χ3v) is 3.36. The Labute approximate surface area is 122 Å². The number of hydrogen-bond acceptors (Lipinski definition) is 6. The zero-order valence-electron chi connectivity index (χ0n) is 10.3. The van der Waals surface area contributed by atoms with Crippen molar-refractivity contribution in [3.05, 3.63) is 46.9 Å². The first-order valence-corrected chi connectivity index (χ1v) is 6.70. The molecule has 1 unspecified atom stereocenters. The van der Waals surface area contributed by atoms with E-state index in [1.807, 2.05) is 12.1 Å². The summed E-state index contributed by atoms with van der Waals surface area (Å²) in [6, 6.07) is 3.29. The fraction of sp³-hybridized carbons (Fsp3) is 0.167. The van der Waals surface area contributed by atoms with Crippen LogP contribution in [0.3, 0.4) is 0 Å². The van der Waals surface area contributed by atoms with Crippen molar-refractivity contribution in [3.63, 3.8) is 0 Å². The molecule has 0 fully saturated rings. The summed E-state index contributed by atoms with van der Waals surface area (Å²) in [5.41, 5.74) is 7.57. The first-order valence-electron chi connectivity index (χ1n) is 5.91. The molecule has 3 heterocycles. The minimum Gasteiger partial charge on any atom is -0.348 e. The number of H-pyrrole nitrogens is 1. The highest BCUT2D eigenvalue weighted by Gasteiger charge is 2.18. The van der Waals surface area contributed by atoms with Gasteiger partial charge in [-0.2, -0.15) is 4.98 Å². The lowest BCUT2D eigenvalue weighted by Crippen LogP contribution is -2.14. The topological polar surface area (TPSA) is 107 Å². The molecule has 0 amide bonds. The molecular weight excluding hydrogens is 324 g/mol. The van der Waals surface area contributed by atoms with Crippen molar-refractivity contribution < 1.29 is 4.52 Å². The molecule has 0 aliphatic rings. The maximum Gasteiger partial charge on any atom is 0.244 e. The van der Waals surface area contributed by atoms with Crippen molar-refractivity contribution in [3.8, 4) is 11.5 Å². The second-order valence-corrected chi connectivity index (χ2v) is 5.03. The fourth-order valence-electron chi connectivity index (χ4n) is 1.75. The minimum atomic E-state index is -0.390. The van der Waals surface area contributed by atoms with Crippen molar-refractivity contribution in [1.82, 2.24) is 25.1 Å². The lowest BCUT2D eigenvalue weighted by atomic mass is 10.2. The van der Waals surface area contributed by atoms with E-state index in [2.05, 4.69) is 41.0 Å². The SMILES string of the molecule is NC(Cc1cnc[nH]1)c1nc(-c2ncccc2Br)no1. The summed E-state index contributed by atoms with van der Waals surface area (Å²) in [4.78, 5) is 15.4. The summed E-state index contributed by atoms with van der Waals surface area (Å²) >= 11 is 3.40. The Morgan fingerprint density at radius 3 is 3.10 bits per heavy atom. The maximum absolute atomic E-state index is 6.04. The van der Waals surface area contributed by atoms with Crippen LogP contribution in [-0.4, -0.2) is 25.1 Å². The predicted molar refractivity (Wildman–Crippen MR) is 74.4 cm³/mol. The second-order valence-electron chi connectivity index (χ2n) is 4.18. The number of nitrogens with zero attached hydrogens (tertiary/aromatic N) is 4. The van der Waals surface area contributed by atoms with Crippen LogP contribution < -0.4 is 5.73 Å². The van der Waals surface area contributed by atoms with Gasteiger partial charge in [0.2, 0.25) is 11.7 Å². The van der Waals surface area contributed by atoms with Gasteiger partial charge in [-0.05, 0) is 28.1 Å². The summed E-state index contributed by atoms with van der Waals surface area (Å²) in [7, 11) is 0. The summed E-state index contributed by atoms with van der Waals surface area (Å²) in [5, 5.41) is 3.91. The molecular formula is C12H11BrN6O. The first kappa shape index (κ1) is 12.9. The highest BCUT2D eigenvalue weighted by molar-refractivity contribution is 9.10. The van der Waals surface area contributed by atoms with Gasteiger partial charge in [0.05, 0.1) is 12.4 Å². The summed E-state index contributed by atoms with van der Waals surface area (Å²) in [5.74, 6) is 0.777. The van der Waals surface area contributed by atoms with Gasteiger partial charge in [0.1, 0.15) is 5.69 Å². The van der Waals surface area contributed by atoms with E-state index in [0.29, 0.717) is 23.8 Å². The predicted octanol–water partition coefficient (Wildman–Crippen LogP) is 1.86. The molecule has 0 saturated heterocycles.